The van der Waals surface area contributed by atoms with Crippen LogP contribution in [0.2, 0.25) is 0 Å². The van der Waals surface area contributed by atoms with Gasteiger partial charge in [-0.25, -0.2) is 5.43 Å². The molecule has 5 nitrogen and oxygen atoms in total. The summed E-state index contributed by atoms with van der Waals surface area (Å²) in [4.78, 5) is 12.8. The molecule has 0 aliphatic heterocycles. The Bertz CT molecular complexity index is 1150. The molecule has 3 aromatic carbocycles. The molecule has 0 heterocycles. The molecule has 0 aromatic heterocycles. The molecule has 1 amide bonds. The van der Waals surface area contributed by atoms with Crippen LogP contribution in [0.1, 0.15) is 68.6 Å². The Morgan fingerprint density at radius 3 is 1.97 bits per heavy atom. The Balaban J connectivity index is 1.92. The second-order valence-corrected chi connectivity index (χ2v) is 10.1. The molecule has 3 rings (SSSR count). The second-order valence-electron chi connectivity index (χ2n) is 10.1. The van der Waals surface area contributed by atoms with Crippen molar-refractivity contribution in [2.45, 2.75) is 52.4 Å². The summed E-state index contributed by atoms with van der Waals surface area (Å²) in [5, 5.41) is 17.0. The van der Waals surface area contributed by atoms with Gasteiger partial charge in [-0.3, -0.25) is 4.79 Å². The molecular formula is C27H32N2O3. The highest BCUT2D eigenvalue weighted by Gasteiger charge is 2.26. The van der Waals surface area contributed by atoms with Crippen LogP contribution in [0.25, 0.3) is 10.8 Å². The number of rotatable bonds is 4. The van der Waals surface area contributed by atoms with Gasteiger partial charge in [-0.2, -0.15) is 5.10 Å². The highest BCUT2D eigenvalue weighted by atomic mass is 16.5. The number of methoxy groups -OCH3 is 1. The van der Waals surface area contributed by atoms with Gasteiger partial charge in [0.1, 0.15) is 11.5 Å². The van der Waals surface area contributed by atoms with E-state index in [1.54, 1.807) is 19.4 Å². The SMILES string of the molecule is COc1cc2ccccc2cc1C(=O)N/N=C/c1cc(C(C)(C)C)c(O)c(C(C)(C)C)c1. The van der Waals surface area contributed by atoms with Crippen LogP contribution >= 0.6 is 0 Å². The van der Waals surface area contributed by atoms with Crippen LogP contribution in [-0.4, -0.2) is 24.3 Å². The van der Waals surface area contributed by atoms with Crippen molar-refractivity contribution in [3.63, 3.8) is 0 Å². The van der Waals surface area contributed by atoms with Crippen molar-refractivity contribution in [1.29, 1.82) is 0 Å². The number of carbonyl (C=O) groups is 1. The zero-order valence-electron chi connectivity index (χ0n) is 19.9. The number of aromatic hydroxyl groups is 1. The lowest BCUT2D eigenvalue weighted by Crippen LogP contribution is -2.19. The summed E-state index contributed by atoms with van der Waals surface area (Å²) in [5.41, 5.74) is 5.03. The summed E-state index contributed by atoms with van der Waals surface area (Å²) < 4.78 is 5.42. The highest BCUT2D eigenvalue weighted by molar-refractivity contribution is 6.02. The predicted molar refractivity (Wildman–Crippen MR) is 131 cm³/mol. The average Bonchev–Trinajstić information content (AvgIpc) is 2.71. The number of phenols is 1. The summed E-state index contributed by atoms with van der Waals surface area (Å²) in [7, 11) is 1.54. The predicted octanol–water partition coefficient (Wildman–Crippen LogP) is 5.91. The van der Waals surface area contributed by atoms with Crippen LogP contribution in [0.15, 0.2) is 53.6 Å². The van der Waals surface area contributed by atoms with Crippen LogP contribution in [0, 0.1) is 0 Å². The molecule has 0 unspecified atom stereocenters. The van der Waals surface area contributed by atoms with Gasteiger partial charge >= 0.3 is 0 Å². The van der Waals surface area contributed by atoms with Crippen LogP contribution in [-0.2, 0) is 10.8 Å². The zero-order valence-corrected chi connectivity index (χ0v) is 19.9. The number of carbonyl (C=O) groups excluding carboxylic acids is 1. The number of ether oxygens (including phenoxy) is 1. The maximum atomic E-state index is 12.8. The van der Waals surface area contributed by atoms with Crippen molar-refractivity contribution in [1.82, 2.24) is 5.43 Å². The fourth-order valence-corrected chi connectivity index (χ4v) is 3.67. The molecule has 0 aliphatic rings. The third-order valence-corrected chi connectivity index (χ3v) is 5.44. The van der Waals surface area contributed by atoms with Crippen molar-refractivity contribution >= 4 is 22.9 Å². The highest BCUT2D eigenvalue weighted by Crippen LogP contribution is 2.39. The van der Waals surface area contributed by atoms with E-state index in [4.69, 9.17) is 4.74 Å². The van der Waals surface area contributed by atoms with Crippen LogP contribution < -0.4 is 10.2 Å². The first kappa shape index (κ1) is 23.3. The van der Waals surface area contributed by atoms with Gasteiger partial charge in [-0.1, -0.05) is 65.8 Å². The maximum Gasteiger partial charge on any atom is 0.275 e. The minimum Gasteiger partial charge on any atom is -0.507 e. The Kier molecular flexibility index (Phi) is 6.31. The van der Waals surface area contributed by atoms with E-state index in [0.29, 0.717) is 17.1 Å². The molecule has 5 heteroatoms. The van der Waals surface area contributed by atoms with Crippen molar-refractivity contribution in [3.8, 4) is 11.5 Å². The Hall–Kier alpha value is -3.34. The molecule has 168 valence electrons. The molecule has 2 N–H and O–H groups in total. The fraction of sp³-hybridized carbons (Fsp3) is 0.333. The van der Waals surface area contributed by atoms with Crippen molar-refractivity contribution in [3.05, 3.63) is 70.8 Å². The van der Waals surface area contributed by atoms with Crippen molar-refractivity contribution < 1.29 is 14.6 Å². The molecule has 32 heavy (non-hydrogen) atoms. The number of amides is 1. The van der Waals surface area contributed by atoms with Crippen LogP contribution in [0.3, 0.4) is 0 Å². The molecule has 0 spiro atoms. The van der Waals surface area contributed by atoms with Crippen molar-refractivity contribution in [2.24, 2.45) is 5.10 Å². The standard InChI is InChI=1S/C27H32N2O3/c1-26(2,3)21-12-17(13-22(24(21)30)27(4,5)6)16-28-29-25(31)20-14-18-10-8-9-11-19(18)15-23(20)32-7/h8-16,30H,1-7H3,(H,29,31)/b28-16+. The summed E-state index contributed by atoms with van der Waals surface area (Å²) in [6.45, 7) is 12.4. The normalized spacial score (nSPS) is 12.3. The number of nitrogens with one attached hydrogen (secondary N) is 1. The van der Waals surface area contributed by atoms with E-state index >= 15 is 0 Å². The molecule has 0 saturated heterocycles. The lowest BCUT2D eigenvalue weighted by atomic mass is 9.78. The van der Waals surface area contributed by atoms with E-state index in [0.717, 1.165) is 27.5 Å². The zero-order chi connectivity index (χ0) is 23.7. The van der Waals surface area contributed by atoms with E-state index in [-0.39, 0.29) is 16.7 Å². The van der Waals surface area contributed by atoms with Gasteiger partial charge in [0.05, 0.1) is 18.9 Å². The Labute approximate surface area is 190 Å². The molecule has 0 aliphatic carbocycles. The number of phenolic OH excluding ortho intramolecular Hbond substituents is 1. The van der Waals surface area contributed by atoms with Gasteiger partial charge in [0.25, 0.3) is 5.91 Å². The van der Waals surface area contributed by atoms with Gasteiger partial charge in [0.15, 0.2) is 0 Å². The van der Waals surface area contributed by atoms with E-state index in [1.807, 2.05) is 42.5 Å². The molecule has 0 radical (unpaired) electrons. The first-order valence-electron chi connectivity index (χ1n) is 10.7. The summed E-state index contributed by atoms with van der Waals surface area (Å²) in [5.74, 6) is 0.452. The lowest BCUT2D eigenvalue weighted by molar-refractivity contribution is 0.0952. The van der Waals surface area contributed by atoms with Gasteiger partial charge in [0.2, 0.25) is 0 Å². The van der Waals surface area contributed by atoms with Crippen LogP contribution in [0.5, 0.6) is 11.5 Å². The summed E-state index contributed by atoms with van der Waals surface area (Å²) >= 11 is 0. The smallest absolute Gasteiger partial charge is 0.275 e. The molecule has 0 saturated carbocycles. The number of hydrazone groups is 1. The third-order valence-electron chi connectivity index (χ3n) is 5.44. The van der Waals surface area contributed by atoms with E-state index < -0.39 is 0 Å². The van der Waals surface area contributed by atoms with Gasteiger partial charge in [-0.05, 0) is 51.4 Å². The molecular weight excluding hydrogens is 400 g/mol. The lowest BCUT2D eigenvalue weighted by Gasteiger charge is -2.27. The second kappa shape index (κ2) is 8.65. The van der Waals surface area contributed by atoms with E-state index in [9.17, 15) is 9.90 Å². The third kappa shape index (κ3) is 4.93. The van der Waals surface area contributed by atoms with Gasteiger partial charge in [0, 0.05) is 11.1 Å². The fourth-order valence-electron chi connectivity index (χ4n) is 3.67. The summed E-state index contributed by atoms with van der Waals surface area (Å²) in [6, 6.07) is 15.3. The van der Waals surface area contributed by atoms with Crippen molar-refractivity contribution in [2.75, 3.05) is 7.11 Å². The van der Waals surface area contributed by atoms with Gasteiger partial charge < -0.3 is 9.84 Å². The first-order valence-corrected chi connectivity index (χ1v) is 10.7. The quantitative estimate of drug-likeness (QED) is 0.397. The van der Waals surface area contributed by atoms with Crippen LogP contribution in [0.4, 0.5) is 0 Å². The topological polar surface area (TPSA) is 70.9 Å². The number of benzene rings is 3. The Morgan fingerprint density at radius 2 is 1.47 bits per heavy atom. The molecule has 0 bridgehead atoms. The molecule has 3 aromatic rings. The molecule has 0 atom stereocenters. The number of hydrogen-bond donors (Lipinski definition) is 2. The Morgan fingerprint density at radius 1 is 0.938 bits per heavy atom. The van der Waals surface area contributed by atoms with E-state index in [1.165, 1.54) is 0 Å². The largest absolute Gasteiger partial charge is 0.507 e. The number of fused-ring (bicyclic) bond motifs is 1. The minimum absolute atomic E-state index is 0.240. The number of hydrogen-bond acceptors (Lipinski definition) is 4. The molecule has 0 fully saturated rings. The monoisotopic (exact) mass is 432 g/mol. The van der Waals surface area contributed by atoms with Gasteiger partial charge in [-0.15, -0.1) is 0 Å². The average molecular weight is 433 g/mol. The minimum atomic E-state index is -0.352. The maximum absolute atomic E-state index is 12.8. The van der Waals surface area contributed by atoms with E-state index in [2.05, 4.69) is 52.1 Å². The summed E-state index contributed by atoms with van der Waals surface area (Å²) in [6.07, 6.45) is 1.61. The first-order chi connectivity index (χ1) is 14.9. The number of nitrogens with zero attached hydrogens (tertiary/aromatic N) is 1.